The Morgan fingerprint density at radius 2 is 1.71 bits per heavy atom. The maximum absolute atomic E-state index is 11.8. The van der Waals surface area contributed by atoms with Gasteiger partial charge in [0, 0.05) is 6.08 Å². The number of carbonyl (C=O) groups excluding carboxylic acids is 1. The van der Waals surface area contributed by atoms with Gasteiger partial charge in [-0.1, -0.05) is 60.2 Å². The zero-order valence-electron chi connectivity index (χ0n) is 12.5. The molecule has 0 radical (unpaired) electrons. The highest BCUT2D eigenvalue weighted by molar-refractivity contribution is 5.91. The molecule has 2 nitrogen and oxygen atoms in total. The van der Waals surface area contributed by atoms with Crippen LogP contribution in [0.1, 0.15) is 23.6 Å². The van der Waals surface area contributed by atoms with Crippen molar-refractivity contribution in [1.82, 2.24) is 0 Å². The molecule has 2 heteroatoms. The summed E-state index contributed by atoms with van der Waals surface area (Å²) in [4.78, 5) is 11.8. The molecule has 0 aromatic heterocycles. The molecule has 0 aliphatic carbocycles. The summed E-state index contributed by atoms with van der Waals surface area (Å²) in [5.41, 5.74) is 4.43. The number of hydrogen-bond acceptors (Lipinski definition) is 2. The zero-order chi connectivity index (χ0) is 15.1. The van der Waals surface area contributed by atoms with Crippen LogP contribution in [-0.2, 0) is 16.0 Å². The average Bonchev–Trinajstić information content (AvgIpc) is 2.50. The van der Waals surface area contributed by atoms with E-state index in [0.717, 1.165) is 11.1 Å². The lowest BCUT2D eigenvalue weighted by Crippen LogP contribution is -2.02. The van der Waals surface area contributed by atoms with Crippen molar-refractivity contribution >= 4 is 11.5 Å². The van der Waals surface area contributed by atoms with Gasteiger partial charge in [0.25, 0.3) is 0 Å². The molecule has 0 spiro atoms. The topological polar surface area (TPSA) is 26.3 Å². The van der Waals surface area contributed by atoms with Crippen LogP contribution >= 0.6 is 0 Å². The average molecular weight is 280 g/mol. The quantitative estimate of drug-likeness (QED) is 0.606. The molecule has 0 amide bonds. The van der Waals surface area contributed by atoms with Gasteiger partial charge in [-0.15, -0.1) is 0 Å². The summed E-state index contributed by atoms with van der Waals surface area (Å²) < 4.78 is 5.04. The number of carbonyl (C=O) groups is 1. The van der Waals surface area contributed by atoms with Gasteiger partial charge in [0.1, 0.15) is 0 Å². The van der Waals surface area contributed by atoms with Crippen LogP contribution in [-0.4, -0.2) is 12.6 Å². The molecule has 0 saturated heterocycles. The first-order valence-corrected chi connectivity index (χ1v) is 7.17. The second-order valence-corrected chi connectivity index (χ2v) is 4.95. The fourth-order valence-corrected chi connectivity index (χ4v) is 2.14. The molecular formula is C19H20O2. The summed E-state index contributed by atoms with van der Waals surface area (Å²) in [6.07, 6.45) is 2.31. The highest BCUT2D eigenvalue weighted by Crippen LogP contribution is 2.20. The van der Waals surface area contributed by atoms with Crippen LogP contribution in [0.5, 0.6) is 0 Å². The van der Waals surface area contributed by atoms with Crippen LogP contribution in [0.3, 0.4) is 0 Å². The van der Waals surface area contributed by atoms with Gasteiger partial charge in [0.05, 0.1) is 6.61 Å². The SMILES string of the molecule is CCOC(=O)/C=C(/Cc1ccc(C)cc1)c1ccccc1. The van der Waals surface area contributed by atoms with Crippen LogP contribution in [0, 0.1) is 6.92 Å². The highest BCUT2D eigenvalue weighted by Gasteiger charge is 2.07. The third kappa shape index (κ3) is 4.60. The van der Waals surface area contributed by atoms with Crippen LogP contribution in [0.25, 0.3) is 5.57 Å². The van der Waals surface area contributed by atoms with Crippen molar-refractivity contribution in [2.24, 2.45) is 0 Å². The van der Waals surface area contributed by atoms with Crippen LogP contribution < -0.4 is 0 Å². The molecule has 2 rings (SSSR count). The molecule has 0 fully saturated rings. The Hall–Kier alpha value is -2.35. The number of rotatable bonds is 5. The molecule has 0 saturated carbocycles. The molecule has 21 heavy (non-hydrogen) atoms. The molecule has 0 heterocycles. The van der Waals surface area contributed by atoms with E-state index in [1.807, 2.05) is 37.3 Å². The van der Waals surface area contributed by atoms with Gasteiger partial charge in [-0.05, 0) is 37.0 Å². The van der Waals surface area contributed by atoms with Gasteiger partial charge in [-0.2, -0.15) is 0 Å². The standard InChI is InChI=1S/C19H20O2/c1-3-21-19(20)14-18(17-7-5-4-6-8-17)13-16-11-9-15(2)10-12-16/h4-12,14H,3,13H2,1-2H3/b18-14-. The van der Waals surface area contributed by atoms with Crippen molar-refractivity contribution in [3.63, 3.8) is 0 Å². The third-order valence-electron chi connectivity index (χ3n) is 3.24. The van der Waals surface area contributed by atoms with Gasteiger partial charge in [0.2, 0.25) is 0 Å². The van der Waals surface area contributed by atoms with E-state index in [0.29, 0.717) is 13.0 Å². The second kappa shape index (κ2) is 7.44. The molecular weight excluding hydrogens is 260 g/mol. The summed E-state index contributed by atoms with van der Waals surface area (Å²) >= 11 is 0. The minimum absolute atomic E-state index is 0.288. The number of benzene rings is 2. The maximum Gasteiger partial charge on any atom is 0.331 e. The van der Waals surface area contributed by atoms with E-state index in [1.54, 1.807) is 6.08 Å². The summed E-state index contributed by atoms with van der Waals surface area (Å²) in [6, 6.07) is 18.3. The highest BCUT2D eigenvalue weighted by atomic mass is 16.5. The van der Waals surface area contributed by atoms with Gasteiger partial charge in [-0.3, -0.25) is 0 Å². The number of hydrogen-bond donors (Lipinski definition) is 0. The van der Waals surface area contributed by atoms with Crippen molar-refractivity contribution in [2.45, 2.75) is 20.3 Å². The lowest BCUT2D eigenvalue weighted by Gasteiger charge is -2.09. The molecule has 0 bridgehead atoms. The van der Waals surface area contributed by atoms with E-state index in [-0.39, 0.29) is 5.97 Å². The summed E-state index contributed by atoms with van der Waals surface area (Å²) in [7, 11) is 0. The van der Waals surface area contributed by atoms with E-state index in [1.165, 1.54) is 11.1 Å². The molecule has 0 unspecified atom stereocenters. The predicted molar refractivity (Wildman–Crippen MR) is 85.9 cm³/mol. The van der Waals surface area contributed by atoms with Crippen LogP contribution in [0.2, 0.25) is 0 Å². The first-order valence-electron chi connectivity index (χ1n) is 7.17. The van der Waals surface area contributed by atoms with Crippen molar-refractivity contribution in [1.29, 1.82) is 0 Å². The Balaban J connectivity index is 2.28. The maximum atomic E-state index is 11.8. The van der Waals surface area contributed by atoms with Crippen LogP contribution in [0.15, 0.2) is 60.7 Å². The minimum Gasteiger partial charge on any atom is -0.463 e. The van der Waals surface area contributed by atoms with E-state index >= 15 is 0 Å². The van der Waals surface area contributed by atoms with Crippen molar-refractivity contribution in [3.8, 4) is 0 Å². The Morgan fingerprint density at radius 1 is 1.05 bits per heavy atom. The number of aryl methyl sites for hydroxylation is 1. The smallest absolute Gasteiger partial charge is 0.331 e. The molecule has 0 aliphatic rings. The summed E-state index contributed by atoms with van der Waals surface area (Å²) in [6.45, 7) is 4.27. The third-order valence-corrected chi connectivity index (χ3v) is 3.24. The van der Waals surface area contributed by atoms with Crippen LogP contribution in [0.4, 0.5) is 0 Å². The predicted octanol–water partition coefficient (Wildman–Crippen LogP) is 4.18. The minimum atomic E-state index is -0.288. The Kier molecular flexibility index (Phi) is 5.33. The Morgan fingerprint density at radius 3 is 2.33 bits per heavy atom. The van der Waals surface area contributed by atoms with E-state index in [9.17, 15) is 4.79 Å². The number of allylic oxidation sites excluding steroid dienone is 1. The largest absolute Gasteiger partial charge is 0.463 e. The Bertz CT molecular complexity index is 610. The van der Waals surface area contributed by atoms with E-state index in [2.05, 4.69) is 31.2 Å². The first kappa shape index (κ1) is 15.0. The molecule has 0 aliphatic heterocycles. The molecule has 0 atom stereocenters. The number of ether oxygens (including phenoxy) is 1. The fourth-order valence-electron chi connectivity index (χ4n) is 2.14. The number of esters is 1. The van der Waals surface area contributed by atoms with Gasteiger partial charge >= 0.3 is 5.97 Å². The van der Waals surface area contributed by atoms with Gasteiger partial charge in [0.15, 0.2) is 0 Å². The Labute approximate surface area is 126 Å². The fraction of sp³-hybridized carbons (Fsp3) is 0.211. The first-order chi connectivity index (χ1) is 10.2. The monoisotopic (exact) mass is 280 g/mol. The van der Waals surface area contributed by atoms with Crippen molar-refractivity contribution in [2.75, 3.05) is 6.61 Å². The molecule has 0 N–H and O–H groups in total. The second-order valence-electron chi connectivity index (χ2n) is 4.95. The van der Waals surface area contributed by atoms with Gasteiger partial charge < -0.3 is 4.74 Å². The van der Waals surface area contributed by atoms with Gasteiger partial charge in [-0.25, -0.2) is 4.79 Å². The molecule has 108 valence electrons. The van der Waals surface area contributed by atoms with E-state index in [4.69, 9.17) is 4.74 Å². The summed E-state index contributed by atoms with van der Waals surface area (Å²) in [5.74, 6) is -0.288. The molecule has 2 aromatic carbocycles. The molecule has 2 aromatic rings. The zero-order valence-corrected chi connectivity index (χ0v) is 12.5. The lowest BCUT2D eigenvalue weighted by molar-refractivity contribution is -0.137. The van der Waals surface area contributed by atoms with Crippen molar-refractivity contribution < 1.29 is 9.53 Å². The summed E-state index contributed by atoms with van der Waals surface area (Å²) in [5, 5.41) is 0. The van der Waals surface area contributed by atoms with E-state index < -0.39 is 0 Å². The normalized spacial score (nSPS) is 11.2. The van der Waals surface area contributed by atoms with Crippen molar-refractivity contribution in [3.05, 3.63) is 77.4 Å². The lowest BCUT2D eigenvalue weighted by atomic mass is 9.97.